The third kappa shape index (κ3) is 23.0. The van der Waals surface area contributed by atoms with Crippen LogP contribution in [-0.2, 0) is 14.3 Å². The Morgan fingerprint density at radius 2 is 1.75 bits per heavy atom. The van der Waals surface area contributed by atoms with E-state index >= 15 is 0 Å². The molecule has 0 radical (unpaired) electrons. The maximum Gasteiger partial charge on any atom is 0.303 e. The van der Waals surface area contributed by atoms with Gasteiger partial charge in [0.15, 0.2) is 0 Å². The molecular formula is C12H22O4. The van der Waals surface area contributed by atoms with Gasteiger partial charge in [0.25, 0.3) is 6.47 Å². The van der Waals surface area contributed by atoms with E-state index < -0.39 is 5.97 Å². The molecule has 0 fully saturated rings. The van der Waals surface area contributed by atoms with E-state index in [9.17, 15) is 4.79 Å². The van der Waals surface area contributed by atoms with Crippen molar-refractivity contribution in [3.05, 3.63) is 12.7 Å². The van der Waals surface area contributed by atoms with E-state index in [1.807, 2.05) is 6.08 Å². The largest absolute Gasteiger partial charge is 0.481 e. The number of carboxylic acids is 1. The highest BCUT2D eigenvalue weighted by Gasteiger charge is 1.95. The molecule has 1 N–H and O–H groups in total. The molecule has 0 amide bonds. The van der Waals surface area contributed by atoms with Crippen molar-refractivity contribution in [1.29, 1.82) is 0 Å². The Labute approximate surface area is 97.3 Å². The Kier molecular flexibility index (Phi) is 17.2. The summed E-state index contributed by atoms with van der Waals surface area (Å²) in [4.78, 5) is 19.1. The molecule has 0 aliphatic heterocycles. The number of hydrogen-bond acceptors (Lipinski definition) is 3. The monoisotopic (exact) mass is 230 g/mol. The van der Waals surface area contributed by atoms with E-state index in [0.29, 0.717) is 12.9 Å². The van der Waals surface area contributed by atoms with Crippen molar-refractivity contribution < 1.29 is 19.4 Å². The van der Waals surface area contributed by atoms with Crippen LogP contribution in [0.4, 0.5) is 0 Å². The molecule has 94 valence electrons. The minimum absolute atomic E-state index is 0.321. The standard InChI is InChI=1S/C10H18O2.C2H4O2/c1-2-3-4-5-6-7-8-9-10(11)12;1-4-2-3/h2H,1,3-9H2,(H,11,12);2H,1H3. The topological polar surface area (TPSA) is 63.6 Å². The molecule has 0 atom stereocenters. The van der Waals surface area contributed by atoms with Gasteiger partial charge in [0, 0.05) is 6.42 Å². The maximum absolute atomic E-state index is 10.1. The third-order valence-corrected chi connectivity index (χ3v) is 1.90. The molecule has 4 nitrogen and oxygen atoms in total. The summed E-state index contributed by atoms with van der Waals surface area (Å²) in [6, 6.07) is 0. The van der Waals surface area contributed by atoms with E-state index in [4.69, 9.17) is 9.90 Å². The molecule has 0 bridgehead atoms. The maximum atomic E-state index is 10.1. The van der Waals surface area contributed by atoms with Crippen molar-refractivity contribution >= 4 is 12.4 Å². The summed E-state index contributed by atoms with van der Waals surface area (Å²) in [6.45, 7) is 4.02. The first-order valence-electron chi connectivity index (χ1n) is 5.48. The minimum atomic E-state index is -0.680. The van der Waals surface area contributed by atoms with Gasteiger partial charge in [0.05, 0.1) is 7.11 Å². The second-order valence-electron chi connectivity index (χ2n) is 3.32. The zero-order valence-corrected chi connectivity index (χ0v) is 9.98. The van der Waals surface area contributed by atoms with Gasteiger partial charge in [-0.15, -0.1) is 6.58 Å². The molecule has 0 aliphatic rings. The molecule has 0 heterocycles. The van der Waals surface area contributed by atoms with Crippen molar-refractivity contribution in [1.82, 2.24) is 0 Å². The van der Waals surface area contributed by atoms with E-state index in [2.05, 4.69) is 11.3 Å². The summed E-state index contributed by atoms with van der Waals surface area (Å²) in [5, 5.41) is 8.34. The van der Waals surface area contributed by atoms with Crippen LogP contribution in [0.3, 0.4) is 0 Å². The second-order valence-corrected chi connectivity index (χ2v) is 3.32. The fourth-order valence-corrected chi connectivity index (χ4v) is 1.10. The van der Waals surface area contributed by atoms with Crippen molar-refractivity contribution in [3.8, 4) is 0 Å². The van der Waals surface area contributed by atoms with Crippen LogP contribution in [0.1, 0.15) is 44.9 Å². The van der Waals surface area contributed by atoms with Gasteiger partial charge in [-0.2, -0.15) is 0 Å². The first-order chi connectivity index (χ1) is 7.68. The van der Waals surface area contributed by atoms with Gasteiger partial charge in [-0.3, -0.25) is 9.59 Å². The Morgan fingerprint density at radius 1 is 1.25 bits per heavy atom. The van der Waals surface area contributed by atoms with E-state index in [-0.39, 0.29) is 0 Å². The smallest absolute Gasteiger partial charge is 0.303 e. The predicted octanol–water partition coefficient (Wildman–Crippen LogP) is 2.78. The molecule has 0 spiro atoms. The molecule has 0 saturated carbocycles. The summed E-state index contributed by atoms with van der Waals surface area (Å²) >= 11 is 0. The molecule has 4 heteroatoms. The molecule has 0 saturated heterocycles. The number of rotatable bonds is 9. The normalized spacial score (nSPS) is 8.56. The molecule has 0 aromatic heterocycles. The summed E-state index contributed by atoms with van der Waals surface area (Å²) < 4.78 is 3.86. The van der Waals surface area contributed by atoms with Crippen molar-refractivity contribution in [3.63, 3.8) is 0 Å². The van der Waals surface area contributed by atoms with Crippen molar-refractivity contribution in [2.24, 2.45) is 0 Å². The number of carboxylic acid groups (broad SMARTS) is 1. The Balaban J connectivity index is 0. The van der Waals surface area contributed by atoms with Crippen LogP contribution in [0.2, 0.25) is 0 Å². The number of carbonyl (C=O) groups is 2. The quantitative estimate of drug-likeness (QED) is 0.376. The number of aliphatic carboxylic acids is 1. The Bertz CT molecular complexity index is 178. The highest BCUT2D eigenvalue weighted by Crippen LogP contribution is 2.06. The van der Waals surface area contributed by atoms with Gasteiger partial charge in [0.2, 0.25) is 0 Å². The number of methoxy groups -OCH3 is 1. The average Bonchev–Trinajstić information content (AvgIpc) is 2.28. The third-order valence-electron chi connectivity index (χ3n) is 1.90. The predicted molar refractivity (Wildman–Crippen MR) is 63.2 cm³/mol. The zero-order chi connectivity index (χ0) is 12.6. The molecule has 0 rings (SSSR count). The summed E-state index contributed by atoms with van der Waals surface area (Å²) in [6.07, 6.45) is 8.74. The average molecular weight is 230 g/mol. The van der Waals surface area contributed by atoms with Crippen molar-refractivity contribution in [2.45, 2.75) is 44.9 Å². The number of carbonyl (C=O) groups excluding carboxylic acids is 1. The number of hydrogen-bond donors (Lipinski definition) is 1. The molecule has 0 aromatic carbocycles. The highest BCUT2D eigenvalue weighted by molar-refractivity contribution is 5.66. The highest BCUT2D eigenvalue weighted by atomic mass is 16.5. The Hall–Kier alpha value is -1.32. The second kappa shape index (κ2) is 16.1. The summed E-state index contributed by atoms with van der Waals surface area (Å²) in [5.74, 6) is -0.680. The first-order valence-corrected chi connectivity index (χ1v) is 5.48. The van der Waals surface area contributed by atoms with Crippen LogP contribution in [0.5, 0.6) is 0 Å². The van der Waals surface area contributed by atoms with Crippen LogP contribution < -0.4 is 0 Å². The lowest BCUT2D eigenvalue weighted by Crippen LogP contribution is -1.93. The van der Waals surface area contributed by atoms with Crippen molar-refractivity contribution in [2.75, 3.05) is 7.11 Å². The van der Waals surface area contributed by atoms with Gasteiger partial charge >= 0.3 is 5.97 Å². The number of unbranched alkanes of at least 4 members (excludes halogenated alkanes) is 5. The van der Waals surface area contributed by atoms with Gasteiger partial charge < -0.3 is 9.84 Å². The van der Waals surface area contributed by atoms with Gasteiger partial charge in [0.1, 0.15) is 0 Å². The van der Waals surface area contributed by atoms with Crippen LogP contribution in [0.15, 0.2) is 12.7 Å². The van der Waals surface area contributed by atoms with E-state index in [1.165, 1.54) is 20.0 Å². The Morgan fingerprint density at radius 3 is 2.19 bits per heavy atom. The van der Waals surface area contributed by atoms with Gasteiger partial charge in [-0.05, 0) is 19.3 Å². The summed E-state index contributed by atoms with van der Waals surface area (Å²) in [5.41, 5.74) is 0. The molecule has 16 heavy (non-hydrogen) atoms. The fourth-order valence-electron chi connectivity index (χ4n) is 1.10. The lowest BCUT2D eigenvalue weighted by atomic mass is 10.1. The lowest BCUT2D eigenvalue weighted by Gasteiger charge is -1.97. The number of allylic oxidation sites excluding steroid dienone is 1. The minimum Gasteiger partial charge on any atom is -0.481 e. The van der Waals surface area contributed by atoms with E-state index in [0.717, 1.165) is 25.7 Å². The molecular weight excluding hydrogens is 208 g/mol. The molecule has 0 unspecified atom stereocenters. The van der Waals surface area contributed by atoms with Gasteiger partial charge in [-0.25, -0.2) is 0 Å². The molecule has 0 aromatic rings. The zero-order valence-electron chi connectivity index (χ0n) is 9.98. The number of ether oxygens (including phenoxy) is 1. The SMILES string of the molecule is C=CCCCCCCCC(=O)O.COC=O. The van der Waals surface area contributed by atoms with Crippen LogP contribution in [0, 0.1) is 0 Å². The molecule has 0 aliphatic carbocycles. The van der Waals surface area contributed by atoms with Crippen LogP contribution in [0.25, 0.3) is 0 Å². The fraction of sp³-hybridized carbons (Fsp3) is 0.667. The first kappa shape index (κ1) is 17.1. The van der Waals surface area contributed by atoms with Gasteiger partial charge in [-0.1, -0.05) is 25.3 Å². The van der Waals surface area contributed by atoms with E-state index in [1.54, 1.807) is 0 Å². The summed E-state index contributed by atoms with van der Waals surface area (Å²) in [7, 11) is 1.31. The van der Waals surface area contributed by atoms with Crippen LogP contribution >= 0.6 is 0 Å². The van der Waals surface area contributed by atoms with Crippen LogP contribution in [-0.4, -0.2) is 24.7 Å². The lowest BCUT2D eigenvalue weighted by molar-refractivity contribution is -0.137.